The molecule has 2 aromatic carbocycles. The molecule has 0 fully saturated rings. The van der Waals surface area contributed by atoms with Crippen LogP contribution in [0.1, 0.15) is 76.6 Å². The predicted octanol–water partition coefficient (Wildman–Crippen LogP) is 7.75. The molecule has 1 aliphatic heterocycles. The number of carbonyl (C=O) groups excluding carboxylic acids is 2. The number of esters is 2. The molecule has 0 saturated heterocycles. The number of hydrogen-bond acceptors (Lipinski definition) is 7. The summed E-state index contributed by atoms with van der Waals surface area (Å²) in [5, 5.41) is 6.11. The van der Waals surface area contributed by atoms with Gasteiger partial charge in [-0.05, 0) is 69.2 Å². The van der Waals surface area contributed by atoms with E-state index in [1.54, 1.807) is 25.2 Å². The van der Waals surface area contributed by atoms with Crippen LogP contribution in [-0.4, -0.2) is 30.1 Å². The number of aromatic nitrogens is 1. The lowest BCUT2D eigenvalue weighted by molar-refractivity contribution is -0.139. The normalized spacial score (nSPS) is 14.3. The zero-order valence-corrected chi connectivity index (χ0v) is 26.3. The first-order chi connectivity index (χ1) is 19.4. The van der Waals surface area contributed by atoms with Gasteiger partial charge in [0.1, 0.15) is 5.01 Å². The first-order valence-corrected chi connectivity index (χ1v) is 15.0. The molecule has 0 unspecified atom stereocenters. The van der Waals surface area contributed by atoms with E-state index in [1.807, 2.05) is 38.1 Å². The van der Waals surface area contributed by atoms with E-state index in [-0.39, 0.29) is 18.6 Å². The third-order valence-electron chi connectivity index (χ3n) is 7.41. The van der Waals surface area contributed by atoms with Crippen molar-refractivity contribution in [3.8, 4) is 21.8 Å². The average Bonchev–Trinajstić information content (AvgIpc) is 3.37. The van der Waals surface area contributed by atoms with Gasteiger partial charge in [-0.1, -0.05) is 57.2 Å². The minimum absolute atomic E-state index is 0.0552. The van der Waals surface area contributed by atoms with Crippen LogP contribution in [0.5, 0.6) is 0 Å². The Morgan fingerprint density at radius 1 is 0.902 bits per heavy atom. The zero-order chi connectivity index (χ0) is 30.1. The highest BCUT2D eigenvalue weighted by Crippen LogP contribution is 2.44. The number of benzene rings is 2. The predicted molar refractivity (Wildman–Crippen MR) is 166 cm³/mol. The van der Waals surface area contributed by atoms with Crippen LogP contribution in [-0.2, 0) is 24.5 Å². The number of allylic oxidation sites excluding steroid dienone is 2. The number of aryl methyl sites for hydroxylation is 2. The van der Waals surface area contributed by atoms with Crippen molar-refractivity contribution in [2.24, 2.45) is 0 Å². The summed E-state index contributed by atoms with van der Waals surface area (Å²) in [6, 6.07) is 12.3. The van der Waals surface area contributed by atoms with Crippen LogP contribution in [0.4, 0.5) is 0 Å². The molecule has 216 valence electrons. The standard InChI is InChI=1S/C34H40N2O4S/c1-10-39-32(37)28-21(5)35-22(6)29(33(38)40-11-2)30(28)24-14-12-13-15-25(24)31-36-26(18-41-31)27-19(3)16-23(17-20(27)4)34(7,8)9/h12-18,30,35H,10-11H2,1-9H3. The minimum atomic E-state index is -0.674. The molecule has 4 rings (SSSR count). The van der Waals surface area contributed by atoms with Crippen LogP contribution in [0.15, 0.2) is 64.3 Å². The Labute approximate surface area is 247 Å². The van der Waals surface area contributed by atoms with Gasteiger partial charge < -0.3 is 14.8 Å². The van der Waals surface area contributed by atoms with Crippen molar-refractivity contribution >= 4 is 23.3 Å². The summed E-state index contributed by atoms with van der Waals surface area (Å²) in [4.78, 5) is 31.8. The molecular weight excluding hydrogens is 532 g/mol. The zero-order valence-electron chi connectivity index (χ0n) is 25.5. The Bertz CT molecular complexity index is 1490. The van der Waals surface area contributed by atoms with Crippen molar-refractivity contribution in [1.82, 2.24) is 10.3 Å². The highest BCUT2D eigenvalue weighted by atomic mass is 32.1. The first-order valence-electron chi connectivity index (χ1n) is 14.1. The van der Waals surface area contributed by atoms with Crippen LogP contribution < -0.4 is 5.32 Å². The molecule has 0 atom stereocenters. The van der Waals surface area contributed by atoms with Crippen molar-refractivity contribution < 1.29 is 19.1 Å². The van der Waals surface area contributed by atoms with Crippen molar-refractivity contribution in [3.63, 3.8) is 0 Å². The van der Waals surface area contributed by atoms with Crippen molar-refractivity contribution in [1.29, 1.82) is 0 Å². The number of carbonyl (C=O) groups is 2. The lowest BCUT2D eigenvalue weighted by Gasteiger charge is -2.31. The van der Waals surface area contributed by atoms with Gasteiger partial charge in [-0.3, -0.25) is 0 Å². The minimum Gasteiger partial charge on any atom is -0.463 e. The maximum absolute atomic E-state index is 13.3. The SMILES string of the molecule is CCOC(=O)C1=C(C)NC(C)=C(C(=O)OCC)C1c1ccccc1-c1nc(-c2c(C)cc(C(C)(C)C)cc2C)cs1. The van der Waals surface area contributed by atoms with Crippen LogP contribution in [0.25, 0.3) is 21.8 Å². The maximum Gasteiger partial charge on any atom is 0.336 e. The monoisotopic (exact) mass is 572 g/mol. The number of nitrogens with one attached hydrogen (secondary N) is 1. The highest BCUT2D eigenvalue weighted by molar-refractivity contribution is 7.13. The molecule has 0 amide bonds. The largest absolute Gasteiger partial charge is 0.463 e. The molecule has 41 heavy (non-hydrogen) atoms. The molecule has 1 aromatic heterocycles. The summed E-state index contributed by atoms with van der Waals surface area (Å²) in [5.74, 6) is -1.60. The highest BCUT2D eigenvalue weighted by Gasteiger charge is 2.39. The molecule has 3 aromatic rings. The first kappa shape index (κ1) is 30.3. The number of rotatable bonds is 7. The fraction of sp³-hybridized carbons (Fsp3) is 0.382. The fourth-order valence-corrected chi connectivity index (χ4v) is 6.38. The Morgan fingerprint density at radius 2 is 1.44 bits per heavy atom. The summed E-state index contributed by atoms with van der Waals surface area (Å²) in [5.41, 5.74) is 9.53. The number of hydrogen-bond donors (Lipinski definition) is 1. The second kappa shape index (κ2) is 12.0. The lowest BCUT2D eigenvalue weighted by atomic mass is 9.78. The Kier molecular flexibility index (Phi) is 8.88. The molecule has 0 radical (unpaired) electrons. The summed E-state index contributed by atoms with van der Waals surface area (Å²) < 4.78 is 10.9. The molecule has 0 aliphatic carbocycles. The Morgan fingerprint density at radius 3 is 1.95 bits per heavy atom. The summed E-state index contributed by atoms with van der Waals surface area (Å²) in [6.45, 7) is 18.6. The average molecular weight is 573 g/mol. The fourth-order valence-electron chi connectivity index (χ4n) is 5.52. The molecule has 7 heteroatoms. The quantitative estimate of drug-likeness (QED) is 0.292. The second-order valence-corrected chi connectivity index (χ2v) is 12.3. The number of ether oxygens (including phenoxy) is 2. The van der Waals surface area contributed by atoms with Gasteiger partial charge in [-0.2, -0.15) is 0 Å². The maximum atomic E-state index is 13.3. The molecular formula is C34H40N2O4S. The van der Waals surface area contributed by atoms with Gasteiger partial charge in [-0.15, -0.1) is 11.3 Å². The molecule has 0 saturated carbocycles. The van der Waals surface area contributed by atoms with Crippen molar-refractivity contribution in [2.75, 3.05) is 13.2 Å². The molecule has 0 bridgehead atoms. The topological polar surface area (TPSA) is 77.5 Å². The van der Waals surface area contributed by atoms with Crippen LogP contribution in [0.2, 0.25) is 0 Å². The van der Waals surface area contributed by atoms with E-state index < -0.39 is 17.9 Å². The van der Waals surface area contributed by atoms with E-state index in [1.165, 1.54) is 16.7 Å². The summed E-state index contributed by atoms with van der Waals surface area (Å²) >= 11 is 1.55. The number of nitrogens with zero attached hydrogens (tertiary/aromatic N) is 1. The second-order valence-electron chi connectivity index (χ2n) is 11.4. The van der Waals surface area contributed by atoms with E-state index in [4.69, 9.17) is 14.5 Å². The van der Waals surface area contributed by atoms with Crippen LogP contribution in [0.3, 0.4) is 0 Å². The van der Waals surface area contributed by atoms with E-state index >= 15 is 0 Å². The smallest absolute Gasteiger partial charge is 0.336 e. The van der Waals surface area contributed by atoms with Crippen molar-refractivity contribution in [3.05, 3.63) is 86.6 Å². The molecule has 2 heterocycles. The number of dihydropyridines is 1. The van der Waals surface area contributed by atoms with Crippen molar-refractivity contribution in [2.45, 2.75) is 73.6 Å². The summed E-state index contributed by atoms with van der Waals surface area (Å²) in [6.07, 6.45) is 0. The molecule has 1 N–H and O–H groups in total. The van der Waals surface area contributed by atoms with E-state index in [0.717, 1.165) is 27.4 Å². The van der Waals surface area contributed by atoms with E-state index in [2.05, 4.69) is 57.4 Å². The van der Waals surface area contributed by atoms with Crippen LogP contribution in [0, 0.1) is 13.8 Å². The van der Waals surface area contributed by atoms with E-state index in [0.29, 0.717) is 22.5 Å². The third-order valence-corrected chi connectivity index (χ3v) is 8.29. The lowest BCUT2D eigenvalue weighted by Crippen LogP contribution is -2.32. The van der Waals surface area contributed by atoms with Gasteiger partial charge in [-0.25, -0.2) is 14.6 Å². The van der Waals surface area contributed by atoms with Gasteiger partial charge in [0.05, 0.1) is 36.0 Å². The van der Waals surface area contributed by atoms with Gasteiger partial charge in [0.15, 0.2) is 0 Å². The van der Waals surface area contributed by atoms with Gasteiger partial charge in [0.2, 0.25) is 0 Å². The van der Waals surface area contributed by atoms with Gasteiger partial charge in [0.25, 0.3) is 0 Å². The molecule has 0 spiro atoms. The molecule has 6 nitrogen and oxygen atoms in total. The summed E-state index contributed by atoms with van der Waals surface area (Å²) in [7, 11) is 0. The third kappa shape index (κ3) is 6.01. The number of thiazole rings is 1. The van der Waals surface area contributed by atoms with E-state index in [9.17, 15) is 9.59 Å². The molecule has 1 aliphatic rings. The Hall–Kier alpha value is -3.71. The van der Waals surface area contributed by atoms with Gasteiger partial charge in [0, 0.05) is 27.9 Å². The Balaban J connectivity index is 1.88. The van der Waals surface area contributed by atoms with Gasteiger partial charge >= 0.3 is 11.9 Å². The van der Waals surface area contributed by atoms with Crippen LogP contribution >= 0.6 is 11.3 Å².